The van der Waals surface area contributed by atoms with E-state index in [9.17, 15) is 4.79 Å². The molecule has 3 N–H and O–H groups in total. The summed E-state index contributed by atoms with van der Waals surface area (Å²) in [6.07, 6.45) is 1.68. The third kappa shape index (κ3) is 4.19. The van der Waals surface area contributed by atoms with E-state index < -0.39 is 0 Å². The highest BCUT2D eigenvalue weighted by atomic mass is 16.1. The number of carbonyl (C=O) groups is 1. The Morgan fingerprint density at radius 3 is 2.41 bits per heavy atom. The average Bonchev–Trinajstić information content (AvgIpc) is 2.38. The van der Waals surface area contributed by atoms with E-state index in [1.807, 2.05) is 44.2 Å². The summed E-state index contributed by atoms with van der Waals surface area (Å²) in [5.74, 6) is 0.00264. The Labute approximate surface area is 103 Å². The first-order chi connectivity index (χ1) is 8.19. The summed E-state index contributed by atoms with van der Waals surface area (Å²) >= 11 is 0. The molecule has 0 aliphatic heterocycles. The Morgan fingerprint density at radius 2 is 1.88 bits per heavy atom. The molecule has 2 unspecified atom stereocenters. The van der Waals surface area contributed by atoms with Gasteiger partial charge in [0.15, 0.2) is 0 Å². The van der Waals surface area contributed by atoms with E-state index >= 15 is 0 Å². The van der Waals surface area contributed by atoms with Gasteiger partial charge in [-0.25, -0.2) is 0 Å². The van der Waals surface area contributed by atoms with Gasteiger partial charge in [-0.2, -0.15) is 0 Å². The molecule has 0 fully saturated rings. The highest BCUT2D eigenvalue weighted by Gasteiger charge is 2.18. The average molecular weight is 234 g/mol. The van der Waals surface area contributed by atoms with Crippen molar-refractivity contribution in [3.8, 4) is 0 Å². The minimum atomic E-state index is -0.0692. The lowest BCUT2D eigenvalue weighted by molar-refractivity contribution is -0.122. The molecule has 17 heavy (non-hydrogen) atoms. The summed E-state index contributed by atoms with van der Waals surface area (Å²) in [4.78, 5) is 12.0. The van der Waals surface area contributed by atoms with Crippen molar-refractivity contribution in [1.82, 2.24) is 5.32 Å². The van der Waals surface area contributed by atoms with Gasteiger partial charge < -0.3 is 11.1 Å². The van der Waals surface area contributed by atoms with Crippen LogP contribution in [0.25, 0.3) is 0 Å². The largest absolute Gasteiger partial charge is 0.354 e. The molecule has 1 aromatic carbocycles. The number of amides is 1. The van der Waals surface area contributed by atoms with Crippen molar-refractivity contribution >= 4 is 5.91 Å². The molecule has 1 rings (SSSR count). The summed E-state index contributed by atoms with van der Waals surface area (Å²) in [5, 5.41) is 2.92. The highest BCUT2D eigenvalue weighted by molar-refractivity contribution is 5.83. The van der Waals surface area contributed by atoms with Crippen LogP contribution in [-0.2, 0) is 4.79 Å². The second-order valence-corrected chi connectivity index (χ2v) is 4.28. The maximum absolute atomic E-state index is 12.0. The van der Waals surface area contributed by atoms with E-state index in [2.05, 4.69) is 5.32 Å². The fraction of sp³-hybridized carbons (Fsp3) is 0.500. The molecule has 0 saturated heterocycles. The lowest BCUT2D eigenvalue weighted by Crippen LogP contribution is -2.38. The fourth-order valence-electron chi connectivity index (χ4n) is 1.76. The van der Waals surface area contributed by atoms with Gasteiger partial charge in [0.2, 0.25) is 5.91 Å². The standard InChI is InChI=1S/C14H22N2O/c1-3-12(15)10-16-14(17)13(4-2)11-8-6-5-7-9-11/h5-9,12-13H,3-4,10,15H2,1-2H3,(H,16,17). The second-order valence-electron chi connectivity index (χ2n) is 4.28. The quantitative estimate of drug-likeness (QED) is 0.791. The molecule has 0 bridgehead atoms. The van der Waals surface area contributed by atoms with Gasteiger partial charge in [0, 0.05) is 12.6 Å². The van der Waals surface area contributed by atoms with Gasteiger partial charge in [0.25, 0.3) is 0 Å². The Kier molecular flexibility index (Phi) is 5.70. The number of rotatable bonds is 6. The van der Waals surface area contributed by atoms with Crippen LogP contribution in [0.1, 0.15) is 38.2 Å². The van der Waals surface area contributed by atoms with Crippen molar-refractivity contribution in [2.75, 3.05) is 6.54 Å². The SMILES string of the molecule is CCC(N)CNC(=O)C(CC)c1ccccc1. The van der Waals surface area contributed by atoms with Crippen LogP contribution in [-0.4, -0.2) is 18.5 Å². The van der Waals surface area contributed by atoms with Crippen LogP contribution >= 0.6 is 0 Å². The Morgan fingerprint density at radius 1 is 1.24 bits per heavy atom. The van der Waals surface area contributed by atoms with Crippen LogP contribution in [0.4, 0.5) is 0 Å². The molecule has 0 radical (unpaired) electrons. The molecule has 2 atom stereocenters. The van der Waals surface area contributed by atoms with Crippen molar-refractivity contribution in [2.45, 2.75) is 38.6 Å². The van der Waals surface area contributed by atoms with Crippen LogP contribution in [0.2, 0.25) is 0 Å². The van der Waals surface area contributed by atoms with Gasteiger partial charge in [0.1, 0.15) is 0 Å². The van der Waals surface area contributed by atoms with Gasteiger partial charge in [-0.05, 0) is 18.4 Å². The van der Waals surface area contributed by atoms with E-state index in [0.717, 1.165) is 18.4 Å². The molecule has 1 aromatic rings. The molecule has 0 spiro atoms. The van der Waals surface area contributed by atoms with Gasteiger partial charge in [-0.1, -0.05) is 44.2 Å². The van der Waals surface area contributed by atoms with E-state index in [-0.39, 0.29) is 17.9 Å². The summed E-state index contributed by atoms with van der Waals surface area (Å²) in [6, 6.07) is 9.92. The van der Waals surface area contributed by atoms with Crippen LogP contribution in [0.15, 0.2) is 30.3 Å². The van der Waals surface area contributed by atoms with Crippen molar-refractivity contribution in [3.63, 3.8) is 0 Å². The van der Waals surface area contributed by atoms with Gasteiger partial charge in [-0.15, -0.1) is 0 Å². The zero-order valence-electron chi connectivity index (χ0n) is 10.6. The first-order valence-electron chi connectivity index (χ1n) is 6.27. The number of benzene rings is 1. The number of nitrogens with one attached hydrogen (secondary N) is 1. The number of hydrogen-bond donors (Lipinski definition) is 2. The third-order valence-electron chi connectivity index (χ3n) is 2.99. The molecular weight excluding hydrogens is 212 g/mol. The summed E-state index contributed by atoms with van der Waals surface area (Å²) in [5.41, 5.74) is 6.85. The second kappa shape index (κ2) is 7.07. The summed E-state index contributed by atoms with van der Waals surface area (Å²) in [6.45, 7) is 4.60. The minimum Gasteiger partial charge on any atom is -0.354 e. The lowest BCUT2D eigenvalue weighted by atomic mass is 9.95. The maximum Gasteiger partial charge on any atom is 0.227 e. The number of hydrogen-bond acceptors (Lipinski definition) is 2. The lowest BCUT2D eigenvalue weighted by Gasteiger charge is -2.17. The monoisotopic (exact) mass is 234 g/mol. The number of carbonyl (C=O) groups excluding carboxylic acids is 1. The smallest absolute Gasteiger partial charge is 0.227 e. The van der Waals surface area contributed by atoms with Crippen LogP contribution in [0.5, 0.6) is 0 Å². The van der Waals surface area contributed by atoms with Gasteiger partial charge >= 0.3 is 0 Å². The van der Waals surface area contributed by atoms with E-state index in [1.54, 1.807) is 0 Å². The van der Waals surface area contributed by atoms with E-state index in [0.29, 0.717) is 6.54 Å². The van der Waals surface area contributed by atoms with Crippen molar-refractivity contribution < 1.29 is 4.79 Å². The molecule has 1 amide bonds. The van der Waals surface area contributed by atoms with Crippen molar-refractivity contribution in [3.05, 3.63) is 35.9 Å². The van der Waals surface area contributed by atoms with Crippen LogP contribution < -0.4 is 11.1 Å². The summed E-state index contributed by atoms with van der Waals surface area (Å²) < 4.78 is 0. The first kappa shape index (κ1) is 13.7. The molecule has 0 heterocycles. The Balaban J connectivity index is 2.59. The minimum absolute atomic E-state index is 0.0484. The molecule has 0 saturated carbocycles. The highest BCUT2D eigenvalue weighted by Crippen LogP contribution is 2.18. The van der Waals surface area contributed by atoms with Crippen molar-refractivity contribution in [1.29, 1.82) is 0 Å². The van der Waals surface area contributed by atoms with E-state index in [1.165, 1.54) is 0 Å². The molecule has 0 aliphatic carbocycles. The Hall–Kier alpha value is -1.35. The molecule has 0 aliphatic rings. The molecular formula is C14H22N2O. The normalized spacial score (nSPS) is 14.1. The topological polar surface area (TPSA) is 55.1 Å². The molecule has 94 valence electrons. The predicted octanol–water partition coefficient (Wildman–Crippen LogP) is 2.03. The van der Waals surface area contributed by atoms with Crippen LogP contribution in [0, 0.1) is 0 Å². The van der Waals surface area contributed by atoms with E-state index in [4.69, 9.17) is 5.73 Å². The zero-order chi connectivity index (χ0) is 12.7. The number of nitrogens with two attached hydrogens (primary N) is 1. The van der Waals surface area contributed by atoms with Crippen molar-refractivity contribution in [2.24, 2.45) is 5.73 Å². The fourth-order valence-corrected chi connectivity index (χ4v) is 1.76. The maximum atomic E-state index is 12.0. The predicted molar refractivity (Wildman–Crippen MR) is 70.8 cm³/mol. The molecule has 0 aromatic heterocycles. The van der Waals surface area contributed by atoms with Gasteiger partial charge in [0.05, 0.1) is 5.92 Å². The Bertz CT molecular complexity index is 337. The third-order valence-corrected chi connectivity index (χ3v) is 2.99. The van der Waals surface area contributed by atoms with Crippen LogP contribution in [0.3, 0.4) is 0 Å². The molecule has 3 nitrogen and oxygen atoms in total. The zero-order valence-corrected chi connectivity index (χ0v) is 10.6. The van der Waals surface area contributed by atoms with Gasteiger partial charge in [-0.3, -0.25) is 4.79 Å². The summed E-state index contributed by atoms with van der Waals surface area (Å²) in [7, 11) is 0. The molecule has 3 heteroatoms. The first-order valence-corrected chi connectivity index (χ1v) is 6.27.